The lowest BCUT2D eigenvalue weighted by molar-refractivity contribution is 0.145. The summed E-state index contributed by atoms with van der Waals surface area (Å²) in [5.41, 5.74) is -0.807. The molecular weight excluding hydrogens is 378 g/mol. The molecule has 0 amide bonds. The van der Waals surface area contributed by atoms with Crippen molar-refractivity contribution in [3.05, 3.63) is 29.6 Å². The van der Waals surface area contributed by atoms with E-state index in [0.717, 1.165) is 31.9 Å². The normalized spacial score (nSPS) is 15.6. The number of halogens is 2. The highest BCUT2D eigenvalue weighted by molar-refractivity contribution is 7.89. The summed E-state index contributed by atoms with van der Waals surface area (Å²) in [6.45, 7) is 1.22. The van der Waals surface area contributed by atoms with Crippen LogP contribution < -0.4 is 10.0 Å². The molecule has 0 unspecified atom stereocenters. The van der Waals surface area contributed by atoms with E-state index in [4.69, 9.17) is 5.14 Å². The molecule has 3 rings (SSSR count). The molecule has 0 saturated carbocycles. The molecule has 0 aliphatic carbocycles. The van der Waals surface area contributed by atoms with Gasteiger partial charge >= 0.3 is 0 Å². The van der Waals surface area contributed by atoms with E-state index in [1.54, 1.807) is 0 Å². The maximum atomic E-state index is 13.4. The van der Waals surface area contributed by atoms with Gasteiger partial charge in [-0.15, -0.1) is 0 Å². The van der Waals surface area contributed by atoms with Crippen LogP contribution in [0.2, 0.25) is 0 Å². The minimum atomic E-state index is -3.93. The number of primary sulfonamides is 1. The number of nitriles is 1. The Hall–Kier alpha value is -2.58. The molecule has 1 aliphatic rings. The van der Waals surface area contributed by atoms with Crippen LogP contribution in [-0.2, 0) is 10.0 Å². The van der Waals surface area contributed by atoms with E-state index < -0.39 is 22.1 Å². The summed E-state index contributed by atoms with van der Waals surface area (Å²) in [5, 5.41) is 18.4. The van der Waals surface area contributed by atoms with Gasteiger partial charge in [0.15, 0.2) is 11.6 Å². The quantitative estimate of drug-likeness (QED) is 0.846. The second kappa shape index (κ2) is 7.58. The summed E-state index contributed by atoms with van der Waals surface area (Å²) in [7, 11) is -3.93. The van der Waals surface area contributed by atoms with Crippen molar-refractivity contribution in [1.29, 1.82) is 5.26 Å². The molecule has 0 atom stereocenters. The Labute approximate surface area is 155 Å². The molecule has 2 aromatic heterocycles. The largest absolute Gasteiger partial charge is 0.355 e. The van der Waals surface area contributed by atoms with Crippen LogP contribution >= 0.6 is 0 Å². The smallest absolute Gasteiger partial charge is 0.283 e. The fraction of sp³-hybridized carbons (Fsp3) is 0.438. The molecule has 2 N–H and O–H groups in total. The summed E-state index contributed by atoms with van der Waals surface area (Å²) in [5.74, 6) is 0.385. The summed E-state index contributed by atoms with van der Waals surface area (Å²) in [6.07, 6.45) is 1.91. The molecule has 27 heavy (non-hydrogen) atoms. The van der Waals surface area contributed by atoms with Crippen LogP contribution in [0.4, 0.5) is 14.6 Å². The highest BCUT2D eigenvalue weighted by Crippen LogP contribution is 2.33. The first-order chi connectivity index (χ1) is 12.8. The lowest BCUT2D eigenvalue weighted by atomic mass is 10.2. The van der Waals surface area contributed by atoms with Gasteiger partial charge in [-0.05, 0) is 25.0 Å². The minimum Gasteiger partial charge on any atom is -0.355 e. The molecule has 144 valence electrons. The number of aromatic nitrogens is 3. The van der Waals surface area contributed by atoms with Crippen molar-refractivity contribution in [2.24, 2.45) is 5.14 Å². The molecule has 2 aromatic rings. The van der Waals surface area contributed by atoms with E-state index in [-0.39, 0.29) is 22.1 Å². The standard InChI is InChI=1S/C16H18F2N6O2S/c17-15(18)14-12(9-19)16(23-7-3-1-2-4-8-23)24(22-14)13-6-5-11(10-21-13)27(20,25)26/h5-6,10,15H,1-4,7-8H2,(H2,20,25,26). The number of hydrogen-bond donors (Lipinski definition) is 1. The Morgan fingerprint density at radius 3 is 2.33 bits per heavy atom. The van der Waals surface area contributed by atoms with Crippen LogP contribution in [-0.4, -0.2) is 36.3 Å². The van der Waals surface area contributed by atoms with E-state index in [1.807, 2.05) is 11.0 Å². The van der Waals surface area contributed by atoms with Crippen molar-refractivity contribution >= 4 is 15.8 Å². The zero-order chi connectivity index (χ0) is 19.6. The Bertz CT molecular complexity index is 958. The van der Waals surface area contributed by atoms with Crippen LogP contribution in [0.3, 0.4) is 0 Å². The molecule has 0 spiro atoms. The highest BCUT2D eigenvalue weighted by atomic mass is 32.2. The van der Waals surface area contributed by atoms with E-state index in [2.05, 4.69) is 10.1 Å². The zero-order valence-corrected chi connectivity index (χ0v) is 15.2. The third kappa shape index (κ3) is 3.91. The predicted molar refractivity (Wildman–Crippen MR) is 93.1 cm³/mol. The first-order valence-electron chi connectivity index (χ1n) is 8.38. The highest BCUT2D eigenvalue weighted by Gasteiger charge is 2.29. The van der Waals surface area contributed by atoms with E-state index in [0.29, 0.717) is 13.1 Å². The maximum absolute atomic E-state index is 13.4. The molecule has 0 bridgehead atoms. The molecule has 0 radical (unpaired) electrons. The Balaban J connectivity index is 2.15. The number of pyridine rings is 1. The summed E-state index contributed by atoms with van der Waals surface area (Å²) >= 11 is 0. The van der Waals surface area contributed by atoms with Crippen molar-refractivity contribution in [2.45, 2.75) is 37.0 Å². The lowest BCUT2D eigenvalue weighted by Gasteiger charge is -2.23. The molecular formula is C16H18F2N6O2S. The number of anilines is 1. The van der Waals surface area contributed by atoms with Gasteiger partial charge in [0.1, 0.15) is 22.2 Å². The zero-order valence-electron chi connectivity index (χ0n) is 14.3. The van der Waals surface area contributed by atoms with Crippen molar-refractivity contribution < 1.29 is 17.2 Å². The van der Waals surface area contributed by atoms with Crippen molar-refractivity contribution in [1.82, 2.24) is 14.8 Å². The summed E-state index contributed by atoms with van der Waals surface area (Å²) in [6, 6.07) is 4.39. The molecule has 11 heteroatoms. The topological polar surface area (TPSA) is 118 Å². The predicted octanol–water partition coefficient (Wildman–Crippen LogP) is 2.10. The number of sulfonamides is 1. The summed E-state index contributed by atoms with van der Waals surface area (Å²) < 4.78 is 50.8. The number of nitrogens with two attached hydrogens (primary N) is 1. The minimum absolute atomic E-state index is 0.130. The average molecular weight is 396 g/mol. The van der Waals surface area contributed by atoms with Gasteiger partial charge in [-0.3, -0.25) is 0 Å². The third-order valence-corrected chi connectivity index (χ3v) is 5.28. The Kier molecular flexibility index (Phi) is 5.38. The van der Waals surface area contributed by atoms with Gasteiger partial charge in [0, 0.05) is 19.3 Å². The van der Waals surface area contributed by atoms with Gasteiger partial charge in [-0.25, -0.2) is 27.3 Å². The molecule has 1 fully saturated rings. The SMILES string of the molecule is N#Cc1c(C(F)F)nn(-c2ccc(S(N)(=O)=O)cn2)c1N1CCCCCC1. The lowest BCUT2D eigenvalue weighted by Crippen LogP contribution is -2.27. The van der Waals surface area contributed by atoms with Crippen molar-refractivity contribution in [2.75, 3.05) is 18.0 Å². The molecule has 1 saturated heterocycles. The van der Waals surface area contributed by atoms with Gasteiger partial charge < -0.3 is 4.90 Å². The van der Waals surface area contributed by atoms with Crippen molar-refractivity contribution in [3.8, 4) is 11.9 Å². The fourth-order valence-electron chi connectivity index (χ4n) is 3.09. The Morgan fingerprint density at radius 1 is 1.19 bits per heavy atom. The van der Waals surface area contributed by atoms with Crippen LogP contribution in [0.25, 0.3) is 5.82 Å². The van der Waals surface area contributed by atoms with E-state index >= 15 is 0 Å². The van der Waals surface area contributed by atoms with Crippen LogP contribution in [0.15, 0.2) is 23.2 Å². The molecule has 1 aliphatic heterocycles. The number of alkyl halides is 2. The van der Waals surface area contributed by atoms with Gasteiger partial charge in [0.25, 0.3) is 6.43 Å². The molecule has 0 aromatic carbocycles. The maximum Gasteiger partial charge on any atom is 0.283 e. The molecule has 3 heterocycles. The van der Waals surface area contributed by atoms with Gasteiger partial charge in [0.2, 0.25) is 10.0 Å². The monoisotopic (exact) mass is 396 g/mol. The van der Waals surface area contributed by atoms with Gasteiger partial charge in [-0.1, -0.05) is 12.8 Å². The first-order valence-corrected chi connectivity index (χ1v) is 9.93. The third-order valence-electron chi connectivity index (χ3n) is 4.38. The second-order valence-corrected chi connectivity index (χ2v) is 7.77. The first kappa shape index (κ1) is 19.2. The molecule has 8 nitrogen and oxygen atoms in total. The second-order valence-electron chi connectivity index (χ2n) is 6.21. The number of rotatable bonds is 4. The fourth-order valence-corrected chi connectivity index (χ4v) is 3.54. The van der Waals surface area contributed by atoms with Crippen molar-refractivity contribution in [3.63, 3.8) is 0 Å². The number of nitrogens with zero attached hydrogens (tertiary/aromatic N) is 5. The van der Waals surface area contributed by atoms with Crippen LogP contribution in [0.1, 0.15) is 43.4 Å². The van der Waals surface area contributed by atoms with Crippen LogP contribution in [0, 0.1) is 11.3 Å². The van der Waals surface area contributed by atoms with E-state index in [9.17, 15) is 22.5 Å². The summed E-state index contributed by atoms with van der Waals surface area (Å²) in [4.78, 5) is 5.66. The van der Waals surface area contributed by atoms with Gasteiger partial charge in [-0.2, -0.15) is 15.0 Å². The van der Waals surface area contributed by atoms with Crippen LogP contribution in [0.5, 0.6) is 0 Å². The number of hydrogen-bond acceptors (Lipinski definition) is 6. The van der Waals surface area contributed by atoms with E-state index in [1.165, 1.54) is 16.8 Å². The average Bonchev–Trinajstić information content (AvgIpc) is 2.81. The van der Waals surface area contributed by atoms with Gasteiger partial charge in [0.05, 0.1) is 0 Å². The Morgan fingerprint density at radius 2 is 1.85 bits per heavy atom.